The number of carboxylic acid groups (broad SMARTS) is 1. The van der Waals surface area contributed by atoms with Crippen LogP contribution < -0.4 is 0 Å². The fourth-order valence-electron chi connectivity index (χ4n) is 0.779. The van der Waals surface area contributed by atoms with Gasteiger partial charge in [-0.05, 0) is 19.1 Å². The van der Waals surface area contributed by atoms with Gasteiger partial charge in [-0.15, -0.1) is 0 Å². The van der Waals surface area contributed by atoms with Crippen LogP contribution in [0.25, 0.3) is 0 Å². The molecule has 1 atom stereocenters. The van der Waals surface area contributed by atoms with Crippen molar-refractivity contribution >= 4 is 5.97 Å². The van der Waals surface area contributed by atoms with Crippen LogP contribution in [0.5, 0.6) is 0 Å². The molecule has 62 valence electrons. The number of hydrogen-bond donors (Lipinski definition) is 1. The summed E-state index contributed by atoms with van der Waals surface area (Å²) in [7, 11) is 0. The summed E-state index contributed by atoms with van der Waals surface area (Å²) < 4.78 is 5.03. The Kier molecular flexibility index (Phi) is 2.54. The number of carbonyl (C=O) groups is 1. The van der Waals surface area contributed by atoms with Crippen molar-refractivity contribution in [1.29, 1.82) is 0 Å². The van der Waals surface area contributed by atoms with E-state index in [1.807, 2.05) is 5.92 Å². The van der Waals surface area contributed by atoms with E-state index < -0.39 is 5.97 Å². The highest BCUT2D eigenvalue weighted by Crippen LogP contribution is 2.13. The van der Waals surface area contributed by atoms with Gasteiger partial charge in [0.2, 0.25) is 0 Å². The van der Waals surface area contributed by atoms with Crippen molar-refractivity contribution in [2.75, 3.05) is 0 Å². The first-order chi connectivity index (χ1) is 5.70. The molecule has 3 heteroatoms. The molecule has 1 unspecified atom stereocenters. The topological polar surface area (TPSA) is 50.4 Å². The summed E-state index contributed by atoms with van der Waals surface area (Å²) >= 11 is 0. The van der Waals surface area contributed by atoms with Gasteiger partial charge in [0.05, 0.1) is 12.2 Å². The van der Waals surface area contributed by atoms with Crippen LogP contribution in [-0.2, 0) is 4.79 Å². The van der Waals surface area contributed by atoms with Crippen molar-refractivity contribution in [3.05, 3.63) is 24.2 Å². The fraction of sp³-hybridized carbons (Fsp3) is 0.222. The summed E-state index contributed by atoms with van der Waals surface area (Å²) in [6, 6.07) is 3.51. The SMILES string of the molecule is CC(C#CC(=O)O)c1ccco1. The minimum atomic E-state index is -1.12. The maximum absolute atomic E-state index is 10.1. The van der Waals surface area contributed by atoms with E-state index >= 15 is 0 Å². The van der Waals surface area contributed by atoms with Crippen molar-refractivity contribution in [2.45, 2.75) is 12.8 Å². The van der Waals surface area contributed by atoms with E-state index in [1.54, 1.807) is 19.1 Å². The molecule has 1 rings (SSSR count). The first-order valence-corrected chi connectivity index (χ1v) is 3.48. The molecular formula is C9H8O3. The van der Waals surface area contributed by atoms with E-state index in [4.69, 9.17) is 9.52 Å². The number of hydrogen-bond acceptors (Lipinski definition) is 2. The van der Waals surface area contributed by atoms with Crippen LogP contribution >= 0.6 is 0 Å². The lowest BCUT2D eigenvalue weighted by atomic mass is 10.1. The van der Waals surface area contributed by atoms with E-state index in [9.17, 15) is 4.79 Å². The largest absolute Gasteiger partial charge is 0.472 e. The van der Waals surface area contributed by atoms with Crippen molar-refractivity contribution in [2.24, 2.45) is 0 Å². The average molecular weight is 164 g/mol. The summed E-state index contributed by atoms with van der Waals surface area (Å²) in [5, 5.41) is 8.26. The second-order valence-electron chi connectivity index (χ2n) is 2.31. The van der Waals surface area contributed by atoms with Gasteiger partial charge in [0.25, 0.3) is 0 Å². The summed E-state index contributed by atoms with van der Waals surface area (Å²) in [5.41, 5.74) is 0. The Morgan fingerprint density at radius 2 is 2.50 bits per heavy atom. The second kappa shape index (κ2) is 3.63. The van der Waals surface area contributed by atoms with Gasteiger partial charge < -0.3 is 9.52 Å². The first kappa shape index (κ1) is 8.41. The monoisotopic (exact) mass is 164 g/mol. The minimum absolute atomic E-state index is 0.170. The molecule has 0 aromatic carbocycles. The van der Waals surface area contributed by atoms with Crippen LogP contribution in [0.1, 0.15) is 18.6 Å². The zero-order valence-corrected chi connectivity index (χ0v) is 6.57. The molecular weight excluding hydrogens is 156 g/mol. The number of rotatable bonds is 1. The molecule has 0 amide bonds. The van der Waals surface area contributed by atoms with E-state index in [0.29, 0.717) is 5.76 Å². The van der Waals surface area contributed by atoms with Crippen molar-refractivity contribution in [1.82, 2.24) is 0 Å². The Hall–Kier alpha value is -1.69. The molecule has 0 aliphatic carbocycles. The van der Waals surface area contributed by atoms with Gasteiger partial charge in [-0.2, -0.15) is 0 Å². The number of carboxylic acids is 1. The highest BCUT2D eigenvalue weighted by Gasteiger charge is 2.03. The standard InChI is InChI=1S/C9H8O3/c1-7(4-5-9(10)11)8-3-2-6-12-8/h2-3,6-7H,1H3,(H,10,11). The van der Waals surface area contributed by atoms with Gasteiger partial charge in [0.1, 0.15) is 5.76 Å². The maximum atomic E-state index is 10.1. The molecule has 1 heterocycles. The molecule has 0 saturated carbocycles. The molecule has 3 nitrogen and oxygen atoms in total. The highest BCUT2D eigenvalue weighted by atomic mass is 16.4. The average Bonchev–Trinajstić information content (AvgIpc) is 2.51. The molecule has 0 aliphatic heterocycles. The first-order valence-electron chi connectivity index (χ1n) is 3.48. The van der Waals surface area contributed by atoms with Crippen LogP contribution in [0.3, 0.4) is 0 Å². The molecule has 1 aromatic rings. The van der Waals surface area contributed by atoms with Crippen molar-refractivity contribution in [3.63, 3.8) is 0 Å². The van der Waals surface area contributed by atoms with Gasteiger partial charge in [0.15, 0.2) is 0 Å². The Morgan fingerprint density at radius 3 is 3.00 bits per heavy atom. The van der Waals surface area contributed by atoms with Crippen LogP contribution in [0.15, 0.2) is 22.8 Å². The zero-order valence-electron chi connectivity index (χ0n) is 6.57. The normalized spacial score (nSPS) is 11.4. The highest BCUT2D eigenvalue weighted by molar-refractivity contribution is 5.86. The Labute approximate surface area is 70.0 Å². The molecule has 1 N–H and O–H groups in total. The van der Waals surface area contributed by atoms with Crippen LogP contribution in [0.2, 0.25) is 0 Å². The zero-order chi connectivity index (χ0) is 8.97. The minimum Gasteiger partial charge on any atom is -0.472 e. The predicted octanol–water partition coefficient (Wildman–Crippen LogP) is 1.47. The van der Waals surface area contributed by atoms with Crippen molar-refractivity contribution < 1.29 is 14.3 Å². The third-order valence-corrected chi connectivity index (χ3v) is 1.37. The smallest absolute Gasteiger partial charge is 0.381 e. The number of furan rings is 1. The lowest BCUT2D eigenvalue weighted by Crippen LogP contribution is -1.91. The number of aliphatic carboxylic acids is 1. The van der Waals surface area contributed by atoms with Gasteiger partial charge >= 0.3 is 5.97 Å². The maximum Gasteiger partial charge on any atom is 0.381 e. The third kappa shape index (κ3) is 2.17. The molecule has 0 aliphatic rings. The van der Waals surface area contributed by atoms with Gasteiger partial charge in [-0.25, -0.2) is 4.79 Å². The lowest BCUT2D eigenvalue weighted by molar-refractivity contribution is -0.130. The third-order valence-electron chi connectivity index (χ3n) is 1.37. The van der Waals surface area contributed by atoms with Crippen LogP contribution in [-0.4, -0.2) is 11.1 Å². The van der Waals surface area contributed by atoms with Crippen LogP contribution in [0, 0.1) is 11.8 Å². The second-order valence-corrected chi connectivity index (χ2v) is 2.31. The van der Waals surface area contributed by atoms with Gasteiger partial charge in [-0.1, -0.05) is 5.92 Å². The Balaban J connectivity index is 2.69. The van der Waals surface area contributed by atoms with Crippen molar-refractivity contribution in [3.8, 4) is 11.8 Å². The quantitative estimate of drug-likeness (QED) is 0.639. The van der Waals surface area contributed by atoms with E-state index in [1.165, 1.54) is 6.26 Å². The summed E-state index contributed by atoms with van der Waals surface area (Å²) in [6.07, 6.45) is 1.54. The summed E-state index contributed by atoms with van der Waals surface area (Å²) in [4.78, 5) is 10.1. The Morgan fingerprint density at radius 1 is 1.75 bits per heavy atom. The van der Waals surface area contributed by atoms with E-state index in [-0.39, 0.29) is 5.92 Å². The Bertz CT molecular complexity index is 313. The molecule has 0 saturated heterocycles. The summed E-state index contributed by atoms with van der Waals surface area (Å²) in [6.45, 7) is 1.79. The predicted molar refractivity (Wildman–Crippen MR) is 42.5 cm³/mol. The van der Waals surface area contributed by atoms with Gasteiger partial charge in [-0.3, -0.25) is 0 Å². The van der Waals surface area contributed by atoms with E-state index in [2.05, 4.69) is 5.92 Å². The molecule has 12 heavy (non-hydrogen) atoms. The summed E-state index contributed by atoms with van der Waals surface area (Å²) in [5.74, 6) is 3.98. The van der Waals surface area contributed by atoms with Gasteiger partial charge in [0, 0.05) is 5.92 Å². The molecule has 0 spiro atoms. The molecule has 0 fully saturated rings. The molecule has 0 radical (unpaired) electrons. The molecule has 1 aromatic heterocycles. The fourth-order valence-corrected chi connectivity index (χ4v) is 0.779. The van der Waals surface area contributed by atoms with E-state index in [0.717, 1.165) is 0 Å². The lowest BCUT2D eigenvalue weighted by Gasteiger charge is -1.95. The molecule has 0 bridgehead atoms. The van der Waals surface area contributed by atoms with Crippen LogP contribution in [0.4, 0.5) is 0 Å².